The Balaban J connectivity index is 1.34. The first kappa shape index (κ1) is 44.1. The van der Waals surface area contributed by atoms with Crippen LogP contribution >= 0.6 is 0 Å². The van der Waals surface area contributed by atoms with Crippen LogP contribution in [0.3, 0.4) is 0 Å². The fraction of sp³-hybridized carbons (Fsp3) is 0.340. The predicted octanol–water partition coefficient (Wildman–Crippen LogP) is 10.7. The summed E-state index contributed by atoms with van der Waals surface area (Å²) in [6.07, 6.45) is 1.14. The van der Waals surface area contributed by atoms with Gasteiger partial charge in [-0.1, -0.05) is 19.1 Å². The highest BCUT2D eigenvalue weighted by atomic mass is 19.1. The van der Waals surface area contributed by atoms with Gasteiger partial charge in [-0.15, -0.1) is 0 Å². The lowest BCUT2D eigenvalue weighted by atomic mass is 9.78. The van der Waals surface area contributed by atoms with Gasteiger partial charge in [-0.05, 0) is 145 Å². The van der Waals surface area contributed by atoms with Gasteiger partial charge in [0.25, 0.3) is 5.69 Å². The van der Waals surface area contributed by atoms with Crippen molar-refractivity contribution in [3.8, 4) is 29.1 Å². The van der Waals surface area contributed by atoms with Crippen LogP contribution in [0.1, 0.15) is 96.0 Å². The number of ketones is 2. The van der Waals surface area contributed by atoms with Gasteiger partial charge in [0.2, 0.25) is 0 Å². The minimum Gasteiger partial charge on any atom is -0.508 e. The van der Waals surface area contributed by atoms with Crippen LogP contribution in [0.2, 0.25) is 0 Å². The number of ether oxygens (including phenoxy) is 4. The number of non-ortho nitro benzene ring substituents is 1. The third-order valence-corrected chi connectivity index (χ3v) is 10.9. The van der Waals surface area contributed by atoms with Crippen molar-refractivity contribution in [3.63, 3.8) is 0 Å². The Labute approximate surface area is 351 Å². The summed E-state index contributed by atoms with van der Waals surface area (Å²) in [7, 11) is 0. The molecule has 0 aliphatic carbocycles. The van der Waals surface area contributed by atoms with Gasteiger partial charge in [0.1, 0.15) is 45.4 Å². The van der Waals surface area contributed by atoms with Crippen LogP contribution in [0.4, 0.5) is 14.5 Å². The van der Waals surface area contributed by atoms with E-state index < -0.39 is 56.2 Å². The van der Waals surface area contributed by atoms with E-state index in [0.717, 1.165) is 24.3 Å². The topological polar surface area (TPSA) is 178 Å². The predicted molar refractivity (Wildman–Crippen MR) is 221 cm³/mol. The fourth-order valence-corrected chi connectivity index (χ4v) is 7.88. The molecular weight excluding hydrogens is 791 g/mol. The standard InChI is InChI=1S/C47H46F2N2O10/c1-9-27-13-16-30(59-37-19-15-29(51(56)57)22-35(37)49)23-32(27)39-42(54)46(6,7)61-47(8,43(39)55)20-10-11-28-14-17-31(58-36-18-12-26(25-50)21-34(36)48)24-33(28)38-40(52)44(2,3)60-45(4,5)41(38)53/h12-19,21-24,52,54H,9-11,20H2,1-8H3. The molecule has 0 saturated heterocycles. The van der Waals surface area contributed by atoms with Gasteiger partial charge >= 0.3 is 0 Å². The first-order valence-electron chi connectivity index (χ1n) is 19.6. The van der Waals surface area contributed by atoms with E-state index >= 15 is 0 Å². The number of aliphatic hydroxyl groups excluding tert-OH is 2. The van der Waals surface area contributed by atoms with Crippen LogP contribution in [0.25, 0.3) is 11.1 Å². The monoisotopic (exact) mass is 836 g/mol. The lowest BCUT2D eigenvalue weighted by molar-refractivity contribution is -0.385. The normalized spacial score (nSPS) is 19.4. The number of aryl methyl sites for hydroxylation is 2. The van der Waals surface area contributed by atoms with Crippen molar-refractivity contribution in [1.82, 2.24) is 0 Å². The lowest BCUT2D eigenvalue weighted by Crippen LogP contribution is -2.51. The molecule has 1 atom stereocenters. The van der Waals surface area contributed by atoms with Crippen LogP contribution < -0.4 is 9.47 Å². The Kier molecular flexibility index (Phi) is 11.7. The van der Waals surface area contributed by atoms with E-state index in [0.29, 0.717) is 35.1 Å². The maximum Gasteiger partial charge on any atom is 0.272 e. The molecule has 0 bridgehead atoms. The Hall–Kier alpha value is -6.43. The number of rotatable bonds is 12. The molecule has 2 N–H and O–H groups in total. The average Bonchev–Trinajstić information content (AvgIpc) is 3.18. The molecule has 2 aliphatic heterocycles. The molecular formula is C47H46F2N2O10. The first-order chi connectivity index (χ1) is 28.5. The Bertz CT molecular complexity index is 2590. The summed E-state index contributed by atoms with van der Waals surface area (Å²) >= 11 is 0. The zero-order valence-corrected chi connectivity index (χ0v) is 35.1. The summed E-state index contributed by atoms with van der Waals surface area (Å²) < 4.78 is 53.8. The van der Waals surface area contributed by atoms with Crippen LogP contribution in [0.15, 0.2) is 84.3 Å². The third kappa shape index (κ3) is 8.62. The number of nitro groups is 1. The molecule has 0 saturated carbocycles. The first-order valence-corrected chi connectivity index (χ1v) is 19.6. The molecule has 6 rings (SSSR count). The van der Waals surface area contributed by atoms with Crippen molar-refractivity contribution < 1.29 is 52.5 Å². The molecule has 318 valence electrons. The summed E-state index contributed by atoms with van der Waals surface area (Å²) in [5.74, 6) is -3.53. The van der Waals surface area contributed by atoms with E-state index in [4.69, 9.17) is 18.9 Å². The number of carbonyl (C=O) groups excluding carboxylic acids is 2. The number of nitriles is 1. The van der Waals surface area contributed by atoms with Gasteiger partial charge in [-0.3, -0.25) is 19.7 Å². The van der Waals surface area contributed by atoms with Crippen molar-refractivity contribution in [3.05, 3.63) is 134 Å². The zero-order chi connectivity index (χ0) is 44.8. The number of benzene rings is 4. The molecule has 12 nitrogen and oxygen atoms in total. The van der Waals surface area contributed by atoms with Crippen molar-refractivity contribution in [1.29, 1.82) is 5.26 Å². The maximum atomic E-state index is 14.9. The number of hydrogen-bond donors (Lipinski definition) is 2. The van der Waals surface area contributed by atoms with Gasteiger partial charge in [-0.2, -0.15) is 5.26 Å². The number of nitro benzene ring substituents is 1. The van der Waals surface area contributed by atoms with Gasteiger partial charge in [0.05, 0.1) is 33.8 Å². The molecule has 0 amide bonds. The summed E-state index contributed by atoms with van der Waals surface area (Å²) in [5, 5.41) is 43.5. The number of aliphatic hydroxyl groups is 2. The molecule has 0 aromatic heterocycles. The Morgan fingerprint density at radius 2 is 1.25 bits per heavy atom. The minimum absolute atomic E-state index is 0.00252. The summed E-state index contributed by atoms with van der Waals surface area (Å²) in [6.45, 7) is 13.2. The van der Waals surface area contributed by atoms with Crippen molar-refractivity contribution >= 4 is 28.4 Å². The average molecular weight is 837 g/mol. The van der Waals surface area contributed by atoms with E-state index in [2.05, 4.69) is 0 Å². The van der Waals surface area contributed by atoms with E-state index in [1.165, 1.54) is 24.3 Å². The molecule has 0 fully saturated rings. The highest BCUT2D eigenvalue weighted by Gasteiger charge is 2.50. The number of carbonyl (C=O) groups is 2. The number of hydrogen-bond acceptors (Lipinski definition) is 11. The molecule has 4 aromatic rings. The molecule has 2 aliphatic rings. The molecule has 0 radical (unpaired) electrons. The molecule has 0 spiro atoms. The Morgan fingerprint density at radius 1 is 0.721 bits per heavy atom. The smallest absolute Gasteiger partial charge is 0.272 e. The van der Waals surface area contributed by atoms with Crippen molar-refractivity contribution in [2.24, 2.45) is 0 Å². The van der Waals surface area contributed by atoms with Crippen molar-refractivity contribution in [2.75, 3.05) is 0 Å². The Morgan fingerprint density at radius 3 is 1.79 bits per heavy atom. The molecule has 4 aromatic carbocycles. The van der Waals surface area contributed by atoms with E-state index in [1.54, 1.807) is 72.7 Å². The van der Waals surface area contributed by atoms with E-state index in [1.807, 2.05) is 13.0 Å². The van der Waals surface area contributed by atoms with Gasteiger partial charge in [-0.25, -0.2) is 8.78 Å². The van der Waals surface area contributed by atoms with E-state index in [-0.39, 0.29) is 64.1 Å². The van der Waals surface area contributed by atoms with Crippen LogP contribution in [0.5, 0.6) is 23.0 Å². The maximum absolute atomic E-state index is 14.9. The van der Waals surface area contributed by atoms with E-state index in [9.17, 15) is 44.0 Å². The second kappa shape index (κ2) is 16.2. The highest BCUT2D eigenvalue weighted by Crippen LogP contribution is 2.46. The second-order valence-corrected chi connectivity index (χ2v) is 16.7. The van der Waals surface area contributed by atoms with Crippen LogP contribution in [-0.2, 0) is 31.9 Å². The van der Waals surface area contributed by atoms with Crippen molar-refractivity contribution in [2.45, 2.75) is 103 Å². The largest absolute Gasteiger partial charge is 0.508 e. The lowest BCUT2D eigenvalue weighted by Gasteiger charge is -2.43. The van der Waals surface area contributed by atoms with Gasteiger partial charge in [0, 0.05) is 6.07 Å². The zero-order valence-electron chi connectivity index (χ0n) is 35.1. The summed E-state index contributed by atoms with van der Waals surface area (Å²) in [5.41, 5.74) is -3.86. The van der Waals surface area contributed by atoms with Crippen LogP contribution in [-0.4, -0.2) is 49.1 Å². The number of halogens is 2. The van der Waals surface area contributed by atoms with Crippen LogP contribution in [0, 0.1) is 33.1 Å². The minimum atomic E-state index is -1.49. The fourth-order valence-electron chi connectivity index (χ4n) is 7.88. The number of Topliss-reactive ketones (excluding diaryl/α,β-unsaturated/α-hetero) is 2. The quantitative estimate of drug-likeness (QED) is 0.102. The summed E-state index contributed by atoms with van der Waals surface area (Å²) in [4.78, 5) is 39.0. The molecule has 14 heteroatoms. The van der Waals surface area contributed by atoms with Gasteiger partial charge < -0.3 is 29.2 Å². The number of nitrogens with zero attached hydrogens (tertiary/aromatic N) is 2. The SMILES string of the molecule is CCc1ccc(Oc2ccc([N+](=O)[O-])cc2F)cc1C1=C(O)C(C)(C)OC(C)(CCCc2ccc(Oc3ccc(C#N)cc3F)cc2C2=C(O)C(C)(C)OC(C)(C)C2=O)C1=O. The highest BCUT2D eigenvalue weighted by molar-refractivity contribution is 6.27. The molecule has 61 heavy (non-hydrogen) atoms. The summed E-state index contributed by atoms with van der Waals surface area (Å²) in [6, 6.07) is 18.2. The third-order valence-electron chi connectivity index (χ3n) is 10.9. The second-order valence-electron chi connectivity index (χ2n) is 16.7. The molecule has 2 heterocycles. The molecule has 1 unspecified atom stereocenters. The van der Waals surface area contributed by atoms with Gasteiger partial charge in [0.15, 0.2) is 34.7 Å².